The molecule has 1 heterocycles. The fraction of sp³-hybridized carbons (Fsp3) is 0.467. The third kappa shape index (κ3) is 2.81. The van der Waals surface area contributed by atoms with Gasteiger partial charge in [0, 0.05) is 18.4 Å². The Hall–Kier alpha value is -1.46. The topological polar surface area (TPSA) is 35.2 Å². The first-order valence-corrected chi connectivity index (χ1v) is 6.23. The molecule has 2 nitrogen and oxygen atoms in total. The minimum atomic E-state index is 0.188. The van der Waals surface area contributed by atoms with Crippen molar-refractivity contribution in [3.8, 4) is 18.1 Å². The standard InChI is InChI=1S/C15H19NO/c1-2-3-4-8-14(16)12-10-11-17-15-9-6-5-7-13(12)15/h1,5-7,9,12,14H,3-4,8,10-11,16H2. The molecule has 0 amide bonds. The van der Waals surface area contributed by atoms with Gasteiger partial charge in [-0.25, -0.2) is 0 Å². The summed E-state index contributed by atoms with van der Waals surface area (Å²) in [5, 5.41) is 0. The lowest BCUT2D eigenvalue weighted by Gasteiger charge is -2.30. The molecule has 1 aliphatic heterocycles. The number of hydrogen-bond acceptors (Lipinski definition) is 2. The van der Waals surface area contributed by atoms with Gasteiger partial charge in [-0.15, -0.1) is 12.3 Å². The van der Waals surface area contributed by atoms with Crippen LogP contribution in [0.2, 0.25) is 0 Å². The van der Waals surface area contributed by atoms with Gasteiger partial charge in [-0.2, -0.15) is 0 Å². The van der Waals surface area contributed by atoms with Crippen LogP contribution in [0, 0.1) is 12.3 Å². The van der Waals surface area contributed by atoms with Gasteiger partial charge in [0.2, 0.25) is 0 Å². The van der Waals surface area contributed by atoms with Gasteiger partial charge in [-0.05, 0) is 30.9 Å². The maximum Gasteiger partial charge on any atom is 0.122 e. The lowest BCUT2D eigenvalue weighted by Crippen LogP contribution is -2.32. The molecule has 0 saturated carbocycles. The highest BCUT2D eigenvalue weighted by atomic mass is 16.5. The van der Waals surface area contributed by atoms with E-state index in [1.54, 1.807) is 0 Å². The molecule has 0 radical (unpaired) electrons. The molecule has 1 aromatic rings. The first-order chi connectivity index (χ1) is 8.33. The predicted molar refractivity (Wildman–Crippen MR) is 70.0 cm³/mol. The summed E-state index contributed by atoms with van der Waals surface area (Å²) in [6.07, 6.45) is 9.09. The number of fused-ring (bicyclic) bond motifs is 1. The van der Waals surface area contributed by atoms with Crippen molar-refractivity contribution in [2.24, 2.45) is 5.73 Å². The number of ether oxygens (including phenoxy) is 1. The molecule has 0 aliphatic carbocycles. The Morgan fingerprint density at radius 2 is 2.29 bits per heavy atom. The Labute approximate surface area is 103 Å². The number of nitrogens with two attached hydrogens (primary N) is 1. The van der Waals surface area contributed by atoms with E-state index in [4.69, 9.17) is 16.9 Å². The van der Waals surface area contributed by atoms with Crippen molar-refractivity contribution in [2.45, 2.75) is 37.6 Å². The molecule has 2 unspecified atom stereocenters. The minimum Gasteiger partial charge on any atom is -0.493 e. The monoisotopic (exact) mass is 229 g/mol. The van der Waals surface area contributed by atoms with Crippen LogP contribution >= 0.6 is 0 Å². The highest BCUT2D eigenvalue weighted by molar-refractivity contribution is 5.38. The van der Waals surface area contributed by atoms with Crippen LogP contribution in [0.25, 0.3) is 0 Å². The molecular weight excluding hydrogens is 210 g/mol. The lowest BCUT2D eigenvalue weighted by molar-refractivity contribution is 0.252. The SMILES string of the molecule is C#CCCCC(N)C1CCOc2ccccc21. The molecule has 0 saturated heterocycles. The molecule has 1 aromatic carbocycles. The molecule has 1 aliphatic rings. The molecule has 0 aromatic heterocycles. The van der Waals surface area contributed by atoms with Gasteiger partial charge >= 0.3 is 0 Å². The maximum atomic E-state index is 6.28. The molecule has 2 N–H and O–H groups in total. The van der Waals surface area contributed by atoms with Gasteiger partial charge in [0.25, 0.3) is 0 Å². The smallest absolute Gasteiger partial charge is 0.122 e. The van der Waals surface area contributed by atoms with Gasteiger partial charge in [-0.1, -0.05) is 18.2 Å². The van der Waals surface area contributed by atoms with Crippen molar-refractivity contribution in [1.29, 1.82) is 0 Å². The molecule has 0 bridgehead atoms. The van der Waals surface area contributed by atoms with Gasteiger partial charge in [0.05, 0.1) is 6.61 Å². The van der Waals surface area contributed by atoms with E-state index in [0.717, 1.165) is 38.0 Å². The van der Waals surface area contributed by atoms with Crippen LogP contribution in [0.15, 0.2) is 24.3 Å². The largest absolute Gasteiger partial charge is 0.493 e. The van der Waals surface area contributed by atoms with Crippen LogP contribution in [-0.2, 0) is 0 Å². The van der Waals surface area contributed by atoms with E-state index < -0.39 is 0 Å². The van der Waals surface area contributed by atoms with E-state index in [1.165, 1.54) is 5.56 Å². The van der Waals surface area contributed by atoms with E-state index in [2.05, 4.69) is 18.1 Å². The van der Waals surface area contributed by atoms with Crippen molar-refractivity contribution in [3.05, 3.63) is 29.8 Å². The normalized spacial score (nSPS) is 19.9. The number of unbranched alkanes of at least 4 members (excludes halogenated alkanes) is 1. The second-order valence-corrected chi connectivity index (χ2v) is 4.54. The van der Waals surface area contributed by atoms with Gasteiger partial charge in [0.1, 0.15) is 5.75 Å². The molecule has 0 fully saturated rings. The zero-order chi connectivity index (χ0) is 12.1. The van der Waals surface area contributed by atoms with E-state index in [1.807, 2.05) is 12.1 Å². The average Bonchev–Trinajstić information content (AvgIpc) is 2.38. The Morgan fingerprint density at radius 1 is 1.47 bits per heavy atom. The van der Waals surface area contributed by atoms with Gasteiger partial charge in [-0.3, -0.25) is 0 Å². The molecular formula is C15H19NO. The van der Waals surface area contributed by atoms with Gasteiger partial charge in [0.15, 0.2) is 0 Å². The Balaban J connectivity index is 2.05. The van der Waals surface area contributed by atoms with Crippen LogP contribution in [-0.4, -0.2) is 12.6 Å². The van der Waals surface area contributed by atoms with Crippen molar-refractivity contribution in [3.63, 3.8) is 0 Å². The quantitative estimate of drug-likeness (QED) is 0.636. The number of benzene rings is 1. The zero-order valence-electron chi connectivity index (χ0n) is 10.1. The van der Waals surface area contributed by atoms with E-state index in [-0.39, 0.29) is 6.04 Å². The zero-order valence-corrected chi connectivity index (χ0v) is 10.1. The predicted octanol–water partition coefficient (Wildman–Crippen LogP) is 2.68. The van der Waals surface area contributed by atoms with E-state index >= 15 is 0 Å². The molecule has 2 heteroatoms. The Kier molecular flexibility index (Phi) is 4.06. The second kappa shape index (κ2) is 5.75. The molecule has 2 atom stereocenters. The third-order valence-corrected chi connectivity index (χ3v) is 3.38. The minimum absolute atomic E-state index is 0.188. The number of rotatable bonds is 4. The molecule has 90 valence electrons. The van der Waals surface area contributed by atoms with E-state index in [9.17, 15) is 0 Å². The Bertz CT molecular complexity index is 408. The summed E-state index contributed by atoms with van der Waals surface area (Å²) in [6.45, 7) is 0.768. The summed E-state index contributed by atoms with van der Waals surface area (Å²) in [4.78, 5) is 0. The number of terminal acetylenes is 1. The summed E-state index contributed by atoms with van der Waals surface area (Å²) >= 11 is 0. The fourth-order valence-corrected chi connectivity index (χ4v) is 2.46. The summed E-state index contributed by atoms with van der Waals surface area (Å²) in [7, 11) is 0. The average molecular weight is 229 g/mol. The fourth-order valence-electron chi connectivity index (χ4n) is 2.46. The van der Waals surface area contributed by atoms with Crippen LogP contribution in [0.4, 0.5) is 0 Å². The molecule has 0 spiro atoms. The van der Waals surface area contributed by atoms with Crippen molar-refractivity contribution >= 4 is 0 Å². The summed E-state index contributed by atoms with van der Waals surface area (Å²) < 4.78 is 5.64. The van der Waals surface area contributed by atoms with Crippen LogP contribution in [0.5, 0.6) is 5.75 Å². The van der Waals surface area contributed by atoms with Crippen LogP contribution in [0.1, 0.15) is 37.2 Å². The Morgan fingerprint density at radius 3 is 3.12 bits per heavy atom. The van der Waals surface area contributed by atoms with E-state index in [0.29, 0.717) is 5.92 Å². The highest BCUT2D eigenvalue weighted by Crippen LogP contribution is 2.35. The first-order valence-electron chi connectivity index (χ1n) is 6.23. The summed E-state index contributed by atoms with van der Waals surface area (Å²) in [5.74, 6) is 4.08. The maximum absolute atomic E-state index is 6.28. The number of hydrogen-bond donors (Lipinski definition) is 1. The summed E-state index contributed by atoms with van der Waals surface area (Å²) in [5.41, 5.74) is 7.54. The number of para-hydroxylation sites is 1. The van der Waals surface area contributed by atoms with Crippen LogP contribution in [0.3, 0.4) is 0 Å². The second-order valence-electron chi connectivity index (χ2n) is 4.54. The highest BCUT2D eigenvalue weighted by Gasteiger charge is 2.25. The molecule has 2 rings (SSSR count). The molecule has 17 heavy (non-hydrogen) atoms. The van der Waals surface area contributed by atoms with Crippen molar-refractivity contribution in [1.82, 2.24) is 0 Å². The van der Waals surface area contributed by atoms with Crippen molar-refractivity contribution in [2.75, 3.05) is 6.61 Å². The lowest BCUT2D eigenvalue weighted by atomic mass is 9.85. The van der Waals surface area contributed by atoms with Gasteiger partial charge < -0.3 is 10.5 Å². The first kappa shape index (κ1) is 12.0. The third-order valence-electron chi connectivity index (χ3n) is 3.38. The summed E-state index contributed by atoms with van der Waals surface area (Å²) in [6, 6.07) is 8.39. The van der Waals surface area contributed by atoms with Crippen LogP contribution < -0.4 is 10.5 Å². The van der Waals surface area contributed by atoms with Crippen molar-refractivity contribution < 1.29 is 4.74 Å².